The number of aryl methyl sites for hydroxylation is 1. The topological polar surface area (TPSA) is 55.3 Å². The Bertz CT molecular complexity index is 626. The quantitative estimate of drug-likeness (QED) is 0.789. The van der Waals surface area contributed by atoms with Crippen LogP contribution in [0.1, 0.15) is 12.0 Å². The molecule has 0 saturated heterocycles. The highest BCUT2D eigenvalue weighted by Gasteiger charge is 2.06. The number of carbonyl (C=O) groups excluding carboxylic acids is 1. The van der Waals surface area contributed by atoms with Crippen LogP contribution in [0.4, 0.5) is 5.69 Å². The first-order valence-electron chi connectivity index (χ1n) is 6.75. The molecule has 2 rings (SSSR count). The molecule has 5 nitrogen and oxygen atoms in total. The van der Waals surface area contributed by atoms with Crippen LogP contribution >= 0.6 is 0 Å². The zero-order valence-corrected chi connectivity index (χ0v) is 12.5. The van der Waals surface area contributed by atoms with E-state index in [0.717, 1.165) is 22.6 Å². The Morgan fingerprint density at radius 3 is 2.48 bits per heavy atom. The lowest BCUT2D eigenvalue weighted by molar-refractivity contribution is -0.140. The van der Waals surface area contributed by atoms with Crippen molar-refractivity contribution in [3.8, 4) is 11.4 Å². The number of esters is 1. The minimum atomic E-state index is -0.207. The molecule has 0 spiro atoms. The van der Waals surface area contributed by atoms with Crippen molar-refractivity contribution in [2.24, 2.45) is 0 Å². The van der Waals surface area contributed by atoms with Gasteiger partial charge in [0.15, 0.2) is 0 Å². The minimum Gasteiger partial charge on any atom is -0.469 e. The third-order valence-corrected chi connectivity index (χ3v) is 3.19. The molecule has 0 aliphatic rings. The van der Waals surface area contributed by atoms with Gasteiger partial charge in [0.1, 0.15) is 0 Å². The van der Waals surface area contributed by atoms with Crippen molar-refractivity contribution in [3.63, 3.8) is 0 Å². The molecule has 0 atom stereocenters. The molecule has 0 amide bonds. The first kappa shape index (κ1) is 15.0. The molecule has 0 saturated carbocycles. The fourth-order valence-electron chi connectivity index (χ4n) is 1.96. The summed E-state index contributed by atoms with van der Waals surface area (Å²) < 4.78 is 4.66. The van der Waals surface area contributed by atoms with Crippen LogP contribution in [0.2, 0.25) is 0 Å². The Morgan fingerprint density at radius 2 is 1.81 bits per heavy atom. The maximum Gasteiger partial charge on any atom is 0.305 e. The molecule has 2 heterocycles. The molecule has 5 heteroatoms. The van der Waals surface area contributed by atoms with Gasteiger partial charge in [-0.25, -0.2) is 0 Å². The maximum atomic E-state index is 11.2. The summed E-state index contributed by atoms with van der Waals surface area (Å²) in [5.74, 6) is -0.207. The number of hydrogen-bond donors (Lipinski definition) is 0. The summed E-state index contributed by atoms with van der Waals surface area (Å²) in [7, 11) is 5.37. The fraction of sp³-hybridized carbons (Fsp3) is 0.312. The highest BCUT2D eigenvalue weighted by molar-refractivity contribution is 5.69. The Hall–Kier alpha value is -2.43. The van der Waals surface area contributed by atoms with Gasteiger partial charge in [0.25, 0.3) is 0 Å². The fourth-order valence-corrected chi connectivity index (χ4v) is 1.96. The SMILES string of the molecule is COC(=O)CCc1ccnc(-c2cc(N(C)C)ccn2)c1. The summed E-state index contributed by atoms with van der Waals surface area (Å²) in [6, 6.07) is 7.81. The van der Waals surface area contributed by atoms with Crippen LogP contribution in [0, 0.1) is 0 Å². The van der Waals surface area contributed by atoms with E-state index in [9.17, 15) is 4.79 Å². The molecule has 0 radical (unpaired) electrons. The zero-order chi connectivity index (χ0) is 15.2. The molecule has 0 aromatic carbocycles. The molecule has 2 aromatic heterocycles. The number of methoxy groups -OCH3 is 1. The predicted octanol–water partition coefficient (Wildman–Crippen LogP) is 2.32. The van der Waals surface area contributed by atoms with Gasteiger partial charge < -0.3 is 9.64 Å². The summed E-state index contributed by atoms with van der Waals surface area (Å²) in [4.78, 5) is 21.9. The van der Waals surface area contributed by atoms with E-state index in [1.807, 2.05) is 43.3 Å². The Morgan fingerprint density at radius 1 is 1.14 bits per heavy atom. The largest absolute Gasteiger partial charge is 0.469 e. The summed E-state index contributed by atoms with van der Waals surface area (Å²) in [6.07, 6.45) is 4.51. The van der Waals surface area contributed by atoms with E-state index in [-0.39, 0.29) is 5.97 Å². The van der Waals surface area contributed by atoms with Crippen molar-refractivity contribution in [1.82, 2.24) is 9.97 Å². The smallest absolute Gasteiger partial charge is 0.305 e. The molecule has 110 valence electrons. The lowest BCUT2D eigenvalue weighted by Crippen LogP contribution is -2.08. The van der Waals surface area contributed by atoms with E-state index < -0.39 is 0 Å². The average molecular weight is 285 g/mol. The van der Waals surface area contributed by atoms with Gasteiger partial charge in [-0.15, -0.1) is 0 Å². The Balaban J connectivity index is 2.20. The number of nitrogens with zero attached hydrogens (tertiary/aromatic N) is 3. The third kappa shape index (κ3) is 4.02. The number of hydrogen-bond acceptors (Lipinski definition) is 5. The molecule has 0 aliphatic carbocycles. The van der Waals surface area contributed by atoms with Crippen molar-refractivity contribution in [1.29, 1.82) is 0 Å². The van der Waals surface area contributed by atoms with E-state index in [4.69, 9.17) is 0 Å². The van der Waals surface area contributed by atoms with Crippen LogP contribution in [-0.2, 0) is 16.0 Å². The van der Waals surface area contributed by atoms with Crippen molar-refractivity contribution in [3.05, 3.63) is 42.2 Å². The number of ether oxygens (including phenoxy) is 1. The number of pyridine rings is 2. The van der Waals surface area contributed by atoms with Crippen LogP contribution < -0.4 is 4.90 Å². The van der Waals surface area contributed by atoms with Crippen LogP contribution in [0.5, 0.6) is 0 Å². The van der Waals surface area contributed by atoms with Crippen LogP contribution in [0.3, 0.4) is 0 Å². The van der Waals surface area contributed by atoms with Gasteiger partial charge in [-0.2, -0.15) is 0 Å². The van der Waals surface area contributed by atoms with Crippen molar-refractivity contribution in [2.75, 3.05) is 26.1 Å². The lowest BCUT2D eigenvalue weighted by atomic mass is 10.1. The number of rotatable bonds is 5. The highest BCUT2D eigenvalue weighted by atomic mass is 16.5. The molecular weight excluding hydrogens is 266 g/mol. The van der Waals surface area contributed by atoms with E-state index >= 15 is 0 Å². The number of aromatic nitrogens is 2. The molecule has 0 fully saturated rings. The number of anilines is 1. The second kappa shape index (κ2) is 6.83. The average Bonchev–Trinajstić information content (AvgIpc) is 2.53. The first-order chi connectivity index (χ1) is 10.1. The van der Waals surface area contributed by atoms with Gasteiger partial charge in [0.2, 0.25) is 0 Å². The van der Waals surface area contributed by atoms with Gasteiger partial charge in [0.05, 0.1) is 18.5 Å². The van der Waals surface area contributed by atoms with E-state index in [2.05, 4.69) is 14.7 Å². The highest BCUT2D eigenvalue weighted by Crippen LogP contribution is 2.20. The number of carbonyl (C=O) groups is 1. The Kier molecular flexibility index (Phi) is 4.87. The molecule has 0 aliphatic heterocycles. The molecule has 2 aromatic rings. The lowest BCUT2D eigenvalue weighted by Gasteiger charge is -2.13. The molecular formula is C16H19N3O2. The van der Waals surface area contributed by atoms with Gasteiger partial charge in [-0.1, -0.05) is 0 Å². The van der Waals surface area contributed by atoms with E-state index in [0.29, 0.717) is 12.8 Å². The summed E-state index contributed by atoms with van der Waals surface area (Å²) in [5.41, 5.74) is 3.74. The van der Waals surface area contributed by atoms with Gasteiger partial charge in [-0.05, 0) is 36.2 Å². The normalized spacial score (nSPS) is 10.2. The summed E-state index contributed by atoms with van der Waals surface area (Å²) >= 11 is 0. The molecule has 21 heavy (non-hydrogen) atoms. The van der Waals surface area contributed by atoms with E-state index in [1.54, 1.807) is 12.4 Å². The van der Waals surface area contributed by atoms with Gasteiger partial charge in [0, 0.05) is 38.6 Å². The molecule has 0 bridgehead atoms. The zero-order valence-electron chi connectivity index (χ0n) is 12.5. The monoisotopic (exact) mass is 285 g/mol. The third-order valence-electron chi connectivity index (χ3n) is 3.19. The Labute approximate surface area is 124 Å². The predicted molar refractivity (Wildman–Crippen MR) is 82.1 cm³/mol. The van der Waals surface area contributed by atoms with Gasteiger partial charge >= 0.3 is 5.97 Å². The second-order valence-corrected chi connectivity index (χ2v) is 4.92. The van der Waals surface area contributed by atoms with Crippen molar-refractivity contribution in [2.45, 2.75) is 12.8 Å². The van der Waals surface area contributed by atoms with Crippen LogP contribution in [0.15, 0.2) is 36.7 Å². The van der Waals surface area contributed by atoms with Crippen molar-refractivity contribution < 1.29 is 9.53 Å². The standard InChI is InChI=1S/C16H19N3O2/c1-19(2)13-7-9-18-15(11-13)14-10-12(6-8-17-14)4-5-16(20)21-3/h6-11H,4-5H2,1-3H3. The van der Waals surface area contributed by atoms with E-state index in [1.165, 1.54) is 7.11 Å². The molecule has 0 unspecified atom stereocenters. The minimum absolute atomic E-state index is 0.207. The maximum absolute atomic E-state index is 11.2. The van der Waals surface area contributed by atoms with Crippen molar-refractivity contribution >= 4 is 11.7 Å². The second-order valence-electron chi connectivity index (χ2n) is 4.92. The van der Waals surface area contributed by atoms with Crippen LogP contribution in [-0.4, -0.2) is 37.1 Å². The first-order valence-corrected chi connectivity index (χ1v) is 6.75. The summed E-state index contributed by atoms with van der Waals surface area (Å²) in [5, 5.41) is 0. The molecule has 0 N–H and O–H groups in total. The van der Waals surface area contributed by atoms with Crippen LogP contribution in [0.25, 0.3) is 11.4 Å². The summed E-state index contributed by atoms with van der Waals surface area (Å²) in [6.45, 7) is 0. The van der Waals surface area contributed by atoms with Gasteiger partial charge in [-0.3, -0.25) is 14.8 Å².